The molecule has 1 aromatic heterocycles. The van der Waals surface area contributed by atoms with Crippen molar-refractivity contribution in [2.75, 3.05) is 5.32 Å². The fraction of sp³-hybridized carbons (Fsp3) is 0.583. The summed E-state index contributed by atoms with van der Waals surface area (Å²) in [6, 6.07) is 1.86. The Kier molecular flexibility index (Phi) is 4.17. The minimum Gasteiger partial charge on any atom is -0.326 e. The molecule has 1 aromatic rings. The zero-order valence-electron chi connectivity index (χ0n) is 10.9. The Bertz CT molecular complexity index is 389. The van der Waals surface area contributed by atoms with E-state index in [1.165, 1.54) is 0 Å². The summed E-state index contributed by atoms with van der Waals surface area (Å²) in [6.45, 7) is 7.53. The van der Waals surface area contributed by atoms with E-state index in [4.69, 9.17) is 5.73 Å². The molecule has 0 spiro atoms. The first-order chi connectivity index (χ1) is 7.76. The van der Waals surface area contributed by atoms with Crippen LogP contribution in [0, 0.1) is 13.8 Å². The molecular weight excluding hydrogens is 216 g/mol. The van der Waals surface area contributed by atoms with Crippen molar-refractivity contribution in [2.45, 2.75) is 46.1 Å². The summed E-state index contributed by atoms with van der Waals surface area (Å²) < 4.78 is 0. The molecule has 0 bridgehead atoms. The van der Waals surface area contributed by atoms with E-state index in [0.29, 0.717) is 18.8 Å². The average Bonchev–Trinajstić information content (AvgIpc) is 2.11. The average molecular weight is 236 g/mol. The fourth-order valence-electron chi connectivity index (χ4n) is 1.40. The van der Waals surface area contributed by atoms with Gasteiger partial charge in [-0.2, -0.15) is 0 Å². The van der Waals surface area contributed by atoms with Crippen molar-refractivity contribution in [2.24, 2.45) is 5.73 Å². The molecule has 0 unspecified atom stereocenters. The monoisotopic (exact) mass is 236 g/mol. The van der Waals surface area contributed by atoms with E-state index in [1.807, 2.05) is 33.8 Å². The second-order valence-corrected chi connectivity index (χ2v) is 5.01. The normalized spacial score (nSPS) is 11.4. The number of carbonyl (C=O) groups is 1. The van der Waals surface area contributed by atoms with E-state index >= 15 is 0 Å². The summed E-state index contributed by atoms with van der Waals surface area (Å²) in [5.41, 5.74) is 7.16. The molecule has 94 valence electrons. The molecule has 0 aliphatic rings. The third-order valence-corrected chi connectivity index (χ3v) is 2.23. The maximum absolute atomic E-state index is 11.6. The van der Waals surface area contributed by atoms with Crippen LogP contribution in [0.2, 0.25) is 0 Å². The summed E-state index contributed by atoms with van der Waals surface area (Å²) in [7, 11) is 0. The zero-order chi connectivity index (χ0) is 13.1. The van der Waals surface area contributed by atoms with E-state index in [1.54, 1.807) is 0 Å². The van der Waals surface area contributed by atoms with Gasteiger partial charge in [0.05, 0.1) is 0 Å². The van der Waals surface area contributed by atoms with Crippen LogP contribution in [-0.4, -0.2) is 21.4 Å². The highest BCUT2D eigenvalue weighted by molar-refractivity contribution is 5.88. The smallest absolute Gasteiger partial charge is 0.229 e. The van der Waals surface area contributed by atoms with Crippen molar-refractivity contribution in [1.29, 1.82) is 0 Å². The fourth-order valence-corrected chi connectivity index (χ4v) is 1.40. The third-order valence-electron chi connectivity index (χ3n) is 2.23. The molecule has 0 saturated carbocycles. The van der Waals surface area contributed by atoms with Crippen molar-refractivity contribution in [3.63, 3.8) is 0 Å². The zero-order valence-corrected chi connectivity index (χ0v) is 10.9. The van der Waals surface area contributed by atoms with Crippen LogP contribution < -0.4 is 11.1 Å². The molecule has 3 N–H and O–H groups in total. The number of anilines is 1. The summed E-state index contributed by atoms with van der Waals surface area (Å²) in [4.78, 5) is 19.9. The number of rotatable bonds is 4. The Morgan fingerprint density at radius 2 is 1.88 bits per heavy atom. The Balaban J connectivity index is 2.56. The van der Waals surface area contributed by atoms with E-state index < -0.39 is 0 Å². The third kappa shape index (κ3) is 5.40. The van der Waals surface area contributed by atoms with Crippen LogP contribution in [-0.2, 0) is 4.79 Å². The molecule has 1 rings (SSSR count). The van der Waals surface area contributed by atoms with E-state index in [0.717, 1.165) is 11.4 Å². The summed E-state index contributed by atoms with van der Waals surface area (Å²) in [6.07, 6.45) is 1.00. The lowest BCUT2D eigenvalue weighted by Gasteiger charge is -2.17. The van der Waals surface area contributed by atoms with Crippen LogP contribution in [0.15, 0.2) is 6.07 Å². The van der Waals surface area contributed by atoms with E-state index in [9.17, 15) is 4.79 Å². The number of nitrogens with one attached hydrogen (secondary N) is 1. The lowest BCUT2D eigenvalue weighted by molar-refractivity contribution is -0.116. The van der Waals surface area contributed by atoms with Gasteiger partial charge in [-0.1, -0.05) is 0 Å². The number of aryl methyl sites for hydroxylation is 2. The van der Waals surface area contributed by atoms with Crippen LogP contribution in [0.5, 0.6) is 0 Å². The van der Waals surface area contributed by atoms with E-state index in [2.05, 4.69) is 15.3 Å². The number of amides is 1. The number of nitrogens with two attached hydrogens (primary N) is 1. The van der Waals surface area contributed by atoms with Crippen molar-refractivity contribution in [3.8, 4) is 0 Å². The second-order valence-electron chi connectivity index (χ2n) is 5.01. The van der Waals surface area contributed by atoms with Crippen LogP contribution in [0.4, 0.5) is 5.95 Å². The molecule has 17 heavy (non-hydrogen) atoms. The first-order valence-electron chi connectivity index (χ1n) is 5.67. The number of aromatic nitrogens is 2. The Labute approximate surface area is 102 Å². The standard InChI is InChI=1S/C12H20N4O/c1-8-7-9(2)15-11(14-8)16-10(17)5-6-12(3,4)13/h7H,5-6,13H2,1-4H3,(H,14,15,16,17). The number of hydrogen-bond acceptors (Lipinski definition) is 4. The highest BCUT2D eigenvalue weighted by Crippen LogP contribution is 2.09. The topological polar surface area (TPSA) is 80.9 Å². The van der Waals surface area contributed by atoms with Crippen LogP contribution >= 0.6 is 0 Å². The molecule has 0 fully saturated rings. The largest absolute Gasteiger partial charge is 0.326 e. The molecule has 0 aliphatic carbocycles. The Morgan fingerprint density at radius 1 is 1.35 bits per heavy atom. The molecule has 0 atom stereocenters. The van der Waals surface area contributed by atoms with Gasteiger partial charge in [-0.3, -0.25) is 10.1 Å². The lowest BCUT2D eigenvalue weighted by Crippen LogP contribution is -2.33. The van der Waals surface area contributed by atoms with Crippen molar-refractivity contribution in [1.82, 2.24) is 9.97 Å². The predicted molar refractivity (Wildman–Crippen MR) is 67.6 cm³/mol. The molecular formula is C12H20N4O. The summed E-state index contributed by atoms with van der Waals surface area (Å²) in [5.74, 6) is 0.260. The van der Waals surface area contributed by atoms with Gasteiger partial charge < -0.3 is 5.73 Å². The second kappa shape index (κ2) is 5.23. The van der Waals surface area contributed by atoms with Crippen LogP contribution in [0.3, 0.4) is 0 Å². The minimum atomic E-state index is -0.333. The van der Waals surface area contributed by atoms with Gasteiger partial charge in [0.2, 0.25) is 11.9 Å². The molecule has 5 nitrogen and oxygen atoms in total. The molecule has 0 aromatic carbocycles. The quantitative estimate of drug-likeness (QED) is 0.831. The van der Waals surface area contributed by atoms with Gasteiger partial charge in [0.25, 0.3) is 0 Å². The van der Waals surface area contributed by atoms with Gasteiger partial charge in [0.15, 0.2) is 0 Å². The highest BCUT2D eigenvalue weighted by atomic mass is 16.1. The van der Waals surface area contributed by atoms with Gasteiger partial charge in [0.1, 0.15) is 0 Å². The van der Waals surface area contributed by atoms with Gasteiger partial charge in [-0.05, 0) is 40.2 Å². The Hall–Kier alpha value is -1.49. The minimum absolute atomic E-state index is 0.103. The molecule has 5 heteroatoms. The number of hydrogen-bond donors (Lipinski definition) is 2. The Morgan fingerprint density at radius 3 is 2.35 bits per heavy atom. The molecule has 1 heterocycles. The maximum atomic E-state index is 11.6. The van der Waals surface area contributed by atoms with Gasteiger partial charge in [0, 0.05) is 23.3 Å². The summed E-state index contributed by atoms with van der Waals surface area (Å²) >= 11 is 0. The molecule has 0 radical (unpaired) electrons. The van der Waals surface area contributed by atoms with Crippen LogP contribution in [0.25, 0.3) is 0 Å². The van der Waals surface area contributed by atoms with Gasteiger partial charge in [-0.15, -0.1) is 0 Å². The highest BCUT2D eigenvalue weighted by Gasteiger charge is 2.14. The van der Waals surface area contributed by atoms with Gasteiger partial charge >= 0.3 is 0 Å². The molecule has 0 saturated heterocycles. The predicted octanol–water partition coefficient (Wildman–Crippen LogP) is 1.55. The summed E-state index contributed by atoms with van der Waals surface area (Å²) in [5, 5.41) is 2.68. The van der Waals surface area contributed by atoms with Gasteiger partial charge in [-0.25, -0.2) is 9.97 Å². The van der Waals surface area contributed by atoms with Crippen molar-refractivity contribution >= 4 is 11.9 Å². The lowest BCUT2D eigenvalue weighted by atomic mass is 10.00. The number of nitrogens with zero attached hydrogens (tertiary/aromatic N) is 2. The molecule has 1 amide bonds. The molecule has 0 aliphatic heterocycles. The SMILES string of the molecule is Cc1cc(C)nc(NC(=O)CCC(C)(C)N)n1. The van der Waals surface area contributed by atoms with Crippen molar-refractivity contribution < 1.29 is 4.79 Å². The van der Waals surface area contributed by atoms with Crippen LogP contribution in [0.1, 0.15) is 38.1 Å². The number of carbonyl (C=O) groups excluding carboxylic acids is 1. The van der Waals surface area contributed by atoms with E-state index in [-0.39, 0.29) is 11.4 Å². The van der Waals surface area contributed by atoms with Crippen molar-refractivity contribution in [3.05, 3.63) is 17.5 Å². The maximum Gasteiger partial charge on any atom is 0.229 e. The first-order valence-corrected chi connectivity index (χ1v) is 5.67. The first kappa shape index (κ1) is 13.6.